The summed E-state index contributed by atoms with van der Waals surface area (Å²) in [5.74, 6) is 2.32. The molecule has 27 heavy (non-hydrogen) atoms. The summed E-state index contributed by atoms with van der Waals surface area (Å²) in [5, 5.41) is 9.77. The Morgan fingerprint density at radius 2 is 1.96 bits per heavy atom. The maximum atomic E-state index is 12.8. The van der Waals surface area contributed by atoms with Gasteiger partial charge >= 0.3 is 0 Å². The van der Waals surface area contributed by atoms with Gasteiger partial charge in [0.2, 0.25) is 5.91 Å². The van der Waals surface area contributed by atoms with E-state index >= 15 is 0 Å². The zero-order valence-electron chi connectivity index (χ0n) is 16.0. The molecule has 2 aromatic rings. The third-order valence-electron chi connectivity index (χ3n) is 5.61. The number of aromatic nitrogens is 3. The minimum Gasteiger partial charge on any atom is -0.339 e. The Hall–Kier alpha value is -1.82. The van der Waals surface area contributed by atoms with Gasteiger partial charge in [0, 0.05) is 18.5 Å². The van der Waals surface area contributed by atoms with Gasteiger partial charge in [0.1, 0.15) is 5.82 Å². The molecule has 0 bridgehead atoms. The Morgan fingerprint density at radius 1 is 1.15 bits per heavy atom. The molecule has 1 saturated heterocycles. The van der Waals surface area contributed by atoms with Gasteiger partial charge in [-0.2, -0.15) is 0 Å². The number of likely N-dealkylation sites (tertiary alicyclic amines) is 1. The minimum atomic E-state index is 0.244. The Labute approximate surface area is 165 Å². The van der Waals surface area contributed by atoms with E-state index in [0.717, 1.165) is 43.3 Å². The molecule has 1 aromatic heterocycles. The maximum absolute atomic E-state index is 12.8. The largest absolute Gasteiger partial charge is 0.339 e. The molecule has 0 N–H and O–H groups in total. The molecule has 0 radical (unpaired) electrons. The van der Waals surface area contributed by atoms with E-state index in [4.69, 9.17) is 0 Å². The summed E-state index contributed by atoms with van der Waals surface area (Å²) in [6.07, 6.45) is 6.95. The molecule has 1 aliphatic carbocycles. The molecular formula is C21H28N4OS. The maximum Gasteiger partial charge on any atom is 0.233 e. The number of carbonyl (C=O) groups excluding carboxylic acids is 1. The number of piperidine rings is 1. The normalized spacial score (nSPS) is 20.0. The van der Waals surface area contributed by atoms with Gasteiger partial charge in [-0.15, -0.1) is 10.2 Å². The predicted octanol–water partition coefficient (Wildman–Crippen LogP) is 4.09. The fraction of sp³-hybridized carbons (Fsp3) is 0.571. The lowest BCUT2D eigenvalue weighted by Crippen LogP contribution is -2.44. The van der Waals surface area contributed by atoms with Gasteiger partial charge in [0.15, 0.2) is 5.16 Å². The van der Waals surface area contributed by atoms with Crippen molar-refractivity contribution in [1.29, 1.82) is 0 Å². The molecule has 1 aromatic carbocycles. The molecule has 2 fully saturated rings. The van der Waals surface area contributed by atoms with Crippen LogP contribution in [0.1, 0.15) is 62.8 Å². The first-order valence-corrected chi connectivity index (χ1v) is 11.1. The van der Waals surface area contributed by atoms with E-state index in [2.05, 4.69) is 50.9 Å². The Bertz CT molecular complexity index is 772. The van der Waals surface area contributed by atoms with Gasteiger partial charge < -0.3 is 9.47 Å². The second-order valence-electron chi connectivity index (χ2n) is 7.62. The van der Waals surface area contributed by atoms with Crippen LogP contribution < -0.4 is 0 Å². The number of benzene rings is 1. The highest BCUT2D eigenvalue weighted by atomic mass is 32.2. The van der Waals surface area contributed by atoms with Crippen LogP contribution in [0, 0.1) is 0 Å². The van der Waals surface area contributed by atoms with Gasteiger partial charge in [0.25, 0.3) is 0 Å². The van der Waals surface area contributed by atoms with Crippen molar-refractivity contribution in [2.45, 2.75) is 69.1 Å². The predicted molar refractivity (Wildman–Crippen MR) is 108 cm³/mol. The molecule has 1 amide bonds. The molecule has 1 atom stereocenters. The second kappa shape index (κ2) is 8.46. The van der Waals surface area contributed by atoms with E-state index in [1.54, 1.807) is 11.8 Å². The van der Waals surface area contributed by atoms with E-state index in [1.165, 1.54) is 24.8 Å². The highest BCUT2D eigenvalue weighted by Gasteiger charge is 2.31. The molecule has 0 spiro atoms. The number of rotatable bonds is 7. The number of carbonyl (C=O) groups is 1. The minimum absolute atomic E-state index is 0.244. The molecule has 4 rings (SSSR count). The molecule has 1 unspecified atom stereocenters. The van der Waals surface area contributed by atoms with Crippen molar-refractivity contribution in [2.24, 2.45) is 0 Å². The monoisotopic (exact) mass is 384 g/mol. The Kier molecular flexibility index (Phi) is 5.81. The van der Waals surface area contributed by atoms with Gasteiger partial charge in [0.05, 0.1) is 12.3 Å². The van der Waals surface area contributed by atoms with E-state index in [0.29, 0.717) is 17.7 Å². The van der Waals surface area contributed by atoms with Crippen LogP contribution >= 0.6 is 11.8 Å². The van der Waals surface area contributed by atoms with Crippen LogP contribution in [0.15, 0.2) is 35.5 Å². The van der Waals surface area contributed by atoms with Crippen LogP contribution in [-0.2, 0) is 11.3 Å². The van der Waals surface area contributed by atoms with E-state index < -0.39 is 0 Å². The molecule has 5 nitrogen and oxygen atoms in total. The van der Waals surface area contributed by atoms with Crippen molar-refractivity contribution in [1.82, 2.24) is 19.7 Å². The summed E-state index contributed by atoms with van der Waals surface area (Å²) in [6, 6.07) is 10.8. The number of thioether (sulfide) groups is 1. The third-order valence-corrected chi connectivity index (χ3v) is 6.57. The van der Waals surface area contributed by atoms with Crippen molar-refractivity contribution in [3.8, 4) is 0 Å². The standard InChI is InChI=1S/C21H28N4OS/c1-2-18-10-6-7-13-24(18)19(26)15-27-21-23-22-20(17-11-12-17)25(21)14-16-8-4-3-5-9-16/h3-5,8-9,17-18H,2,6-7,10-15H2,1H3. The van der Waals surface area contributed by atoms with E-state index in [-0.39, 0.29) is 5.91 Å². The first kappa shape index (κ1) is 18.5. The Morgan fingerprint density at radius 3 is 2.70 bits per heavy atom. The zero-order chi connectivity index (χ0) is 18.6. The number of hydrogen-bond acceptors (Lipinski definition) is 4. The van der Waals surface area contributed by atoms with Crippen LogP contribution in [0.25, 0.3) is 0 Å². The molecular weight excluding hydrogens is 356 g/mol. The van der Waals surface area contributed by atoms with Crippen molar-refractivity contribution in [2.75, 3.05) is 12.3 Å². The van der Waals surface area contributed by atoms with Crippen LogP contribution in [0.2, 0.25) is 0 Å². The lowest BCUT2D eigenvalue weighted by Gasteiger charge is -2.35. The molecule has 1 aliphatic heterocycles. The molecule has 2 heterocycles. The quantitative estimate of drug-likeness (QED) is 0.675. The van der Waals surface area contributed by atoms with Crippen molar-refractivity contribution in [3.05, 3.63) is 41.7 Å². The van der Waals surface area contributed by atoms with E-state index in [9.17, 15) is 4.79 Å². The van der Waals surface area contributed by atoms with Gasteiger partial charge in [-0.05, 0) is 44.1 Å². The molecule has 144 valence electrons. The van der Waals surface area contributed by atoms with Crippen LogP contribution in [-0.4, -0.2) is 43.9 Å². The summed E-state index contributed by atoms with van der Waals surface area (Å²) in [6.45, 7) is 3.86. The van der Waals surface area contributed by atoms with Gasteiger partial charge in [-0.1, -0.05) is 49.0 Å². The van der Waals surface area contributed by atoms with Crippen LogP contribution in [0.5, 0.6) is 0 Å². The van der Waals surface area contributed by atoms with Crippen LogP contribution in [0.4, 0.5) is 0 Å². The SMILES string of the molecule is CCC1CCCCN1C(=O)CSc1nnc(C2CC2)n1Cc1ccccc1. The number of amides is 1. The van der Waals surface area contributed by atoms with E-state index in [1.807, 2.05) is 6.07 Å². The van der Waals surface area contributed by atoms with Gasteiger partial charge in [-0.3, -0.25) is 4.79 Å². The Balaban J connectivity index is 1.46. The summed E-state index contributed by atoms with van der Waals surface area (Å²) < 4.78 is 2.22. The average Bonchev–Trinajstić information content (AvgIpc) is 3.49. The first-order chi connectivity index (χ1) is 13.3. The average molecular weight is 385 g/mol. The van der Waals surface area contributed by atoms with Gasteiger partial charge in [-0.25, -0.2) is 0 Å². The number of nitrogens with zero attached hydrogens (tertiary/aromatic N) is 4. The van der Waals surface area contributed by atoms with Crippen molar-refractivity contribution >= 4 is 17.7 Å². The zero-order valence-corrected chi connectivity index (χ0v) is 16.8. The van der Waals surface area contributed by atoms with Crippen molar-refractivity contribution in [3.63, 3.8) is 0 Å². The summed E-state index contributed by atoms with van der Waals surface area (Å²) in [5.41, 5.74) is 1.24. The topological polar surface area (TPSA) is 51.0 Å². The highest BCUT2D eigenvalue weighted by molar-refractivity contribution is 7.99. The second-order valence-corrected chi connectivity index (χ2v) is 8.56. The summed E-state index contributed by atoms with van der Waals surface area (Å²) in [4.78, 5) is 14.9. The molecule has 2 aliphatic rings. The third kappa shape index (κ3) is 4.37. The fourth-order valence-corrected chi connectivity index (χ4v) is 4.76. The summed E-state index contributed by atoms with van der Waals surface area (Å²) in [7, 11) is 0. The van der Waals surface area contributed by atoms with Crippen LogP contribution in [0.3, 0.4) is 0 Å². The lowest BCUT2D eigenvalue weighted by atomic mass is 10.0. The lowest BCUT2D eigenvalue weighted by molar-refractivity contribution is -0.132. The fourth-order valence-electron chi connectivity index (χ4n) is 3.93. The molecule has 1 saturated carbocycles. The number of hydrogen-bond donors (Lipinski definition) is 0. The first-order valence-electron chi connectivity index (χ1n) is 10.2. The molecule has 6 heteroatoms. The smallest absolute Gasteiger partial charge is 0.233 e. The summed E-state index contributed by atoms with van der Waals surface area (Å²) >= 11 is 1.54. The van der Waals surface area contributed by atoms with Crippen molar-refractivity contribution < 1.29 is 4.79 Å². The highest BCUT2D eigenvalue weighted by Crippen LogP contribution is 2.40.